The Kier molecular flexibility index (Phi) is 6.00. The van der Waals surface area contributed by atoms with E-state index in [9.17, 15) is 4.79 Å². The van der Waals surface area contributed by atoms with Crippen LogP contribution in [0.2, 0.25) is 0 Å². The maximum Gasteiger partial charge on any atom is 0.167 e. The van der Waals surface area contributed by atoms with E-state index in [1.54, 1.807) is 0 Å². The number of rotatable bonds is 6. The van der Waals surface area contributed by atoms with Gasteiger partial charge in [-0.3, -0.25) is 4.79 Å². The Morgan fingerprint density at radius 2 is 1.68 bits per heavy atom. The van der Waals surface area contributed by atoms with Crippen molar-refractivity contribution in [1.82, 2.24) is 9.80 Å². The highest BCUT2D eigenvalue weighted by atomic mass is 16.1. The second kappa shape index (κ2) is 8.41. The number of piperidine rings is 1. The van der Waals surface area contributed by atoms with Crippen molar-refractivity contribution in [3.63, 3.8) is 0 Å². The fourth-order valence-electron chi connectivity index (χ4n) is 3.75. The predicted molar refractivity (Wildman–Crippen MR) is 103 cm³/mol. The summed E-state index contributed by atoms with van der Waals surface area (Å²) in [4.78, 5) is 17.9. The second-order valence-corrected chi connectivity index (χ2v) is 7.25. The van der Waals surface area contributed by atoms with Crippen LogP contribution in [0.15, 0.2) is 60.7 Å². The number of hydrogen-bond acceptors (Lipinski definition) is 3. The number of likely N-dealkylation sites (tertiary alicyclic amines) is 1. The molecular weight excluding hydrogens is 308 g/mol. The quantitative estimate of drug-likeness (QED) is 0.754. The zero-order valence-corrected chi connectivity index (χ0v) is 15.3. The molecule has 0 bridgehead atoms. The Bertz CT molecular complexity index is 669. The first-order chi connectivity index (χ1) is 12.1. The molecule has 1 aliphatic heterocycles. The minimum Gasteiger partial charge on any atom is -0.308 e. The number of likely N-dealkylation sites (N-methyl/N-ethyl adjacent to an activating group) is 1. The van der Waals surface area contributed by atoms with Crippen molar-refractivity contribution in [1.29, 1.82) is 0 Å². The molecule has 0 aliphatic carbocycles. The van der Waals surface area contributed by atoms with Gasteiger partial charge in [0.05, 0.1) is 0 Å². The molecule has 2 aromatic rings. The summed E-state index contributed by atoms with van der Waals surface area (Å²) in [5.74, 6) is 0.620. The molecule has 0 aromatic heterocycles. The molecular formula is C22H28N2O. The number of hydrogen-bond donors (Lipinski definition) is 0. The van der Waals surface area contributed by atoms with Crippen LogP contribution in [0.5, 0.6) is 0 Å². The first-order valence-corrected chi connectivity index (χ1v) is 9.16. The van der Waals surface area contributed by atoms with Gasteiger partial charge in [0, 0.05) is 31.1 Å². The van der Waals surface area contributed by atoms with Gasteiger partial charge in [-0.25, -0.2) is 0 Å². The van der Waals surface area contributed by atoms with Crippen molar-refractivity contribution in [2.75, 3.05) is 40.3 Å². The van der Waals surface area contributed by atoms with Gasteiger partial charge in [0.2, 0.25) is 0 Å². The van der Waals surface area contributed by atoms with E-state index in [4.69, 9.17) is 0 Å². The van der Waals surface area contributed by atoms with Gasteiger partial charge >= 0.3 is 0 Å². The Morgan fingerprint density at radius 1 is 1.04 bits per heavy atom. The average Bonchev–Trinajstić information content (AvgIpc) is 2.67. The van der Waals surface area contributed by atoms with Crippen molar-refractivity contribution in [2.24, 2.45) is 5.92 Å². The number of carbonyl (C=O) groups excluding carboxylic acids is 1. The van der Waals surface area contributed by atoms with Gasteiger partial charge in [-0.2, -0.15) is 0 Å². The minimum atomic E-state index is 0.0284. The summed E-state index contributed by atoms with van der Waals surface area (Å²) in [6.07, 6.45) is 1.04. The Morgan fingerprint density at radius 3 is 2.32 bits per heavy atom. The molecule has 132 valence electrons. The molecule has 25 heavy (non-hydrogen) atoms. The van der Waals surface area contributed by atoms with Crippen molar-refractivity contribution >= 4 is 5.78 Å². The second-order valence-electron chi connectivity index (χ2n) is 7.25. The minimum absolute atomic E-state index is 0.0284. The molecule has 1 aliphatic rings. The number of carbonyl (C=O) groups is 1. The van der Waals surface area contributed by atoms with Gasteiger partial charge < -0.3 is 9.80 Å². The molecule has 1 heterocycles. The molecule has 2 unspecified atom stereocenters. The van der Waals surface area contributed by atoms with Crippen LogP contribution in [-0.2, 0) is 0 Å². The van der Waals surface area contributed by atoms with E-state index >= 15 is 0 Å². The van der Waals surface area contributed by atoms with Gasteiger partial charge in [0.25, 0.3) is 0 Å². The molecule has 0 amide bonds. The zero-order valence-electron chi connectivity index (χ0n) is 15.3. The third kappa shape index (κ3) is 4.56. The summed E-state index contributed by atoms with van der Waals surface area (Å²) in [5.41, 5.74) is 2.13. The lowest BCUT2D eigenvalue weighted by atomic mass is 9.76. The van der Waals surface area contributed by atoms with Crippen LogP contribution < -0.4 is 0 Å². The van der Waals surface area contributed by atoms with Crippen LogP contribution in [0.25, 0.3) is 0 Å². The largest absolute Gasteiger partial charge is 0.308 e. The fourth-order valence-corrected chi connectivity index (χ4v) is 3.75. The molecule has 3 nitrogen and oxygen atoms in total. The first-order valence-electron chi connectivity index (χ1n) is 9.16. The van der Waals surface area contributed by atoms with Crippen LogP contribution >= 0.6 is 0 Å². The van der Waals surface area contributed by atoms with E-state index in [1.807, 2.05) is 36.4 Å². The maximum absolute atomic E-state index is 13.2. The number of benzene rings is 2. The molecule has 0 radical (unpaired) electrons. The van der Waals surface area contributed by atoms with Gasteiger partial charge in [-0.15, -0.1) is 0 Å². The van der Waals surface area contributed by atoms with Crippen molar-refractivity contribution in [3.05, 3.63) is 71.8 Å². The lowest BCUT2D eigenvalue weighted by Crippen LogP contribution is -2.45. The summed E-state index contributed by atoms with van der Waals surface area (Å²) in [6.45, 7) is 3.96. The highest BCUT2D eigenvalue weighted by Crippen LogP contribution is 2.35. The zero-order chi connectivity index (χ0) is 17.6. The Hall–Kier alpha value is -1.97. The lowest BCUT2D eigenvalue weighted by Gasteiger charge is -2.38. The predicted octanol–water partition coefficient (Wildman–Crippen LogP) is 3.54. The number of ketones is 1. The summed E-state index contributed by atoms with van der Waals surface area (Å²) in [7, 11) is 4.20. The van der Waals surface area contributed by atoms with Gasteiger partial charge in [-0.1, -0.05) is 60.7 Å². The van der Waals surface area contributed by atoms with E-state index in [0.717, 1.165) is 38.2 Å². The molecule has 0 N–H and O–H groups in total. The Balaban J connectivity index is 1.82. The number of nitrogens with zero attached hydrogens (tertiary/aromatic N) is 2. The van der Waals surface area contributed by atoms with Crippen LogP contribution in [-0.4, -0.2) is 55.9 Å². The summed E-state index contributed by atoms with van der Waals surface area (Å²) in [5, 5.41) is 0. The van der Waals surface area contributed by atoms with Gasteiger partial charge in [0.15, 0.2) is 5.78 Å². The van der Waals surface area contributed by atoms with Gasteiger partial charge in [-0.05, 0) is 38.5 Å². The van der Waals surface area contributed by atoms with E-state index in [2.05, 4.69) is 48.2 Å². The van der Waals surface area contributed by atoms with Crippen LogP contribution in [0.3, 0.4) is 0 Å². The van der Waals surface area contributed by atoms with Crippen molar-refractivity contribution < 1.29 is 4.79 Å². The molecule has 3 rings (SSSR count). The number of Topliss-reactive ketones (excluding diaryl/α,β-unsaturated/α-hetero) is 1. The van der Waals surface area contributed by atoms with Gasteiger partial charge in [0.1, 0.15) is 0 Å². The van der Waals surface area contributed by atoms with Crippen molar-refractivity contribution in [2.45, 2.75) is 12.3 Å². The molecule has 0 saturated carbocycles. The molecule has 0 spiro atoms. The lowest BCUT2D eigenvalue weighted by molar-refractivity contribution is 0.0770. The molecule has 2 atom stereocenters. The van der Waals surface area contributed by atoms with Crippen LogP contribution in [0.1, 0.15) is 28.3 Å². The van der Waals surface area contributed by atoms with Crippen LogP contribution in [0, 0.1) is 5.92 Å². The van der Waals surface area contributed by atoms with E-state index in [0.29, 0.717) is 5.92 Å². The molecule has 2 aromatic carbocycles. The first kappa shape index (κ1) is 17.8. The summed E-state index contributed by atoms with van der Waals surface area (Å²) < 4.78 is 0. The third-order valence-electron chi connectivity index (χ3n) is 5.18. The Labute approximate surface area is 151 Å². The van der Waals surface area contributed by atoms with Crippen molar-refractivity contribution in [3.8, 4) is 0 Å². The maximum atomic E-state index is 13.2. The normalized spacial score (nSPS) is 21.4. The van der Waals surface area contributed by atoms with E-state index < -0.39 is 0 Å². The van der Waals surface area contributed by atoms with Crippen LogP contribution in [0.4, 0.5) is 0 Å². The van der Waals surface area contributed by atoms with E-state index in [1.165, 1.54) is 5.56 Å². The SMILES string of the molecule is CN(C)CCN1CCC(c2ccccc2)C(C(=O)c2ccccc2)C1. The molecule has 1 fully saturated rings. The average molecular weight is 336 g/mol. The highest BCUT2D eigenvalue weighted by Gasteiger charge is 2.35. The molecule has 3 heteroatoms. The summed E-state index contributed by atoms with van der Waals surface area (Å²) >= 11 is 0. The fraction of sp³-hybridized carbons (Fsp3) is 0.409. The standard InChI is InChI=1S/C22H28N2O/c1-23(2)15-16-24-14-13-20(18-9-5-3-6-10-18)21(17-24)22(25)19-11-7-4-8-12-19/h3-12,20-21H,13-17H2,1-2H3. The smallest absolute Gasteiger partial charge is 0.167 e. The highest BCUT2D eigenvalue weighted by molar-refractivity contribution is 5.98. The monoisotopic (exact) mass is 336 g/mol. The molecule has 1 saturated heterocycles. The van der Waals surface area contributed by atoms with E-state index in [-0.39, 0.29) is 11.7 Å². The topological polar surface area (TPSA) is 23.6 Å². The third-order valence-corrected chi connectivity index (χ3v) is 5.18. The summed E-state index contributed by atoms with van der Waals surface area (Å²) in [6, 6.07) is 20.3.